The molecule has 2 atom stereocenters. The quantitative estimate of drug-likeness (QED) is 0.602. The summed E-state index contributed by atoms with van der Waals surface area (Å²) < 4.78 is 35.7. The van der Waals surface area contributed by atoms with Crippen molar-refractivity contribution >= 4 is 11.3 Å². The van der Waals surface area contributed by atoms with Gasteiger partial charge in [-0.05, 0) is 56.0 Å². The highest BCUT2D eigenvalue weighted by Gasteiger charge is 2.26. The highest BCUT2D eigenvalue weighted by atomic mass is 32.2. The number of nitrogens with zero attached hydrogens (tertiary/aromatic N) is 3. The zero-order chi connectivity index (χ0) is 21.3. The molecule has 0 radical (unpaired) electrons. The standard InChI is InChI=1S/C21H20N4O4S/c1-12(2)28-19-9-6-13(10-14(19)11-22)21-23-20(24-29-21)17-5-3-4-16-15(17)7-8-18(16)25-30(26)27/h3-6,9-10,12,18,25H,7-8H2,1-2H3,(H,26,27)/p-1. The molecule has 30 heavy (non-hydrogen) atoms. The van der Waals surface area contributed by atoms with E-state index in [0.29, 0.717) is 41.4 Å². The van der Waals surface area contributed by atoms with Crippen LogP contribution in [-0.2, 0) is 17.7 Å². The van der Waals surface area contributed by atoms with Crippen LogP contribution in [0.4, 0.5) is 0 Å². The van der Waals surface area contributed by atoms with Crippen LogP contribution in [0.5, 0.6) is 5.75 Å². The zero-order valence-electron chi connectivity index (χ0n) is 16.4. The average molecular weight is 423 g/mol. The van der Waals surface area contributed by atoms with Gasteiger partial charge in [0.25, 0.3) is 5.89 Å². The van der Waals surface area contributed by atoms with Crippen molar-refractivity contribution in [2.24, 2.45) is 0 Å². The second-order valence-corrected chi connectivity index (χ2v) is 7.93. The lowest BCUT2D eigenvalue weighted by Crippen LogP contribution is -2.21. The summed E-state index contributed by atoms with van der Waals surface area (Å²) in [5, 5.41) is 13.5. The van der Waals surface area contributed by atoms with E-state index < -0.39 is 11.3 Å². The first-order valence-corrected chi connectivity index (χ1v) is 10.6. The fourth-order valence-electron chi connectivity index (χ4n) is 3.66. The summed E-state index contributed by atoms with van der Waals surface area (Å²) in [7, 11) is 0. The number of nitriles is 1. The largest absolute Gasteiger partial charge is 0.760 e. The minimum Gasteiger partial charge on any atom is -0.760 e. The number of benzene rings is 2. The maximum atomic E-state index is 11.0. The third-order valence-electron chi connectivity index (χ3n) is 4.89. The lowest BCUT2D eigenvalue weighted by atomic mass is 10.0. The summed E-state index contributed by atoms with van der Waals surface area (Å²) in [6.07, 6.45) is 1.34. The van der Waals surface area contributed by atoms with Gasteiger partial charge in [0.1, 0.15) is 11.8 Å². The fraction of sp³-hybridized carbons (Fsp3) is 0.286. The van der Waals surface area contributed by atoms with Gasteiger partial charge in [-0.3, -0.25) is 4.21 Å². The molecule has 0 saturated carbocycles. The summed E-state index contributed by atoms with van der Waals surface area (Å²) in [4.78, 5) is 4.51. The second kappa shape index (κ2) is 8.36. The number of hydrogen-bond donors (Lipinski definition) is 1. The molecule has 0 aliphatic heterocycles. The van der Waals surface area contributed by atoms with E-state index in [9.17, 15) is 14.0 Å². The van der Waals surface area contributed by atoms with Crippen LogP contribution < -0.4 is 9.46 Å². The Morgan fingerprint density at radius 1 is 1.37 bits per heavy atom. The number of aromatic nitrogens is 2. The Kier molecular flexibility index (Phi) is 5.63. The molecule has 1 aliphatic carbocycles. The normalized spacial score (nSPS) is 16.3. The molecule has 1 aromatic heterocycles. The third kappa shape index (κ3) is 3.98. The molecule has 0 spiro atoms. The predicted octanol–water partition coefficient (Wildman–Crippen LogP) is 3.43. The van der Waals surface area contributed by atoms with Crippen molar-refractivity contribution < 1.29 is 18.0 Å². The van der Waals surface area contributed by atoms with Crippen LogP contribution >= 0.6 is 0 Å². The predicted molar refractivity (Wildman–Crippen MR) is 109 cm³/mol. The molecule has 3 aromatic rings. The lowest BCUT2D eigenvalue weighted by molar-refractivity contribution is 0.241. The topological polar surface area (TPSA) is 124 Å². The number of fused-ring (bicyclic) bond motifs is 1. The molecule has 1 heterocycles. The molecule has 1 aliphatic rings. The Labute approximate surface area is 176 Å². The van der Waals surface area contributed by atoms with Crippen LogP contribution in [0, 0.1) is 11.3 Å². The average Bonchev–Trinajstić information content (AvgIpc) is 3.35. The molecule has 0 amide bonds. The summed E-state index contributed by atoms with van der Waals surface area (Å²) in [6.45, 7) is 3.79. The Morgan fingerprint density at radius 2 is 2.20 bits per heavy atom. The van der Waals surface area contributed by atoms with Gasteiger partial charge in [-0.25, -0.2) is 4.72 Å². The van der Waals surface area contributed by atoms with Gasteiger partial charge >= 0.3 is 0 Å². The van der Waals surface area contributed by atoms with Gasteiger partial charge < -0.3 is 13.8 Å². The van der Waals surface area contributed by atoms with E-state index in [1.807, 2.05) is 32.0 Å². The summed E-state index contributed by atoms with van der Waals surface area (Å²) in [5.74, 6) is 1.22. The molecule has 8 nitrogen and oxygen atoms in total. The summed E-state index contributed by atoms with van der Waals surface area (Å²) in [6, 6.07) is 12.7. The molecule has 0 bridgehead atoms. The highest BCUT2D eigenvalue weighted by molar-refractivity contribution is 7.77. The summed E-state index contributed by atoms with van der Waals surface area (Å²) in [5.41, 5.74) is 3.75. The van der Waals surface area contributed by atoms with Crippen molar-refractivity contribution in [2.75, 3.05) is 0 Å². The van der Waals surface area contributed by atoms with Crippen LogP contribution in [0.25, 0.3) is 22.8 Å². The van der Waals surface area contributed by atoms with Crippen molar-refractivity contribution in [1.29, 1.82) is 5.26 Å². The van der Waals surface area contributed by atoms with Gasteiger partial charge in [-0.1, -0.05) is 23.4 Å². The zero-order valence-corrected chi connectivity index (χ0v) is 17.2. The van der Waals surface area contributed by atoms with Crippen molar-refractivity contribution in [3.8, 4) is 34.7 Å². The Bertz CT molecular complexity index is 1150. The molecule has 4 rings (SSSR count). The van der Waals surface area contributed by atoms with Gasteiger partial charge in [0.05, 0.1) is 11.7 Å². The second-order valence-electron chi connectivity index (χ2n) is 7.23. The molecule has 2 unspecified atom stereocenters. The van der Waals surface area contributed by atoms with E-state index in [2.05, 4.69) is 20.9 Å². The Hall–Kier alpha value is -3.06. The van der Waals surface area contributed by atoms with E-state index in [1.165, 1.54) is 0 Å². The molecule has 0 saturated heterocycles. The maximum absolute atomic E-state index is 11.0. The van der Waals surface area contributed by atoms with Gasteiger partial charge in [-0.2, -0.15) is 10.2 Å². The van der Waals surface area contributed by atoms with E-state index in [4.69, 9.17) is 9.26 Å². The molecule has 2 aromatic carbocycles. The van der Waals surface area contributed by atoms with Crippen molar-refractivity contribution in [2.45, 2.75) is 38.8 Å². The van der Waals surface area contributed by atoms with Gasteiger partial charge in [0.15, 0.2) is 0 Å². The van der Waals surface area contributed by atoms with Crippen molar-refractivity contribution in [3.63, 3.8) is 0 Å². The maximum Gasteiger partial charge on any atom is 0.258 e. The van der Waals surface area contributed by atoms with Crippen molar-refractivity contribution in [1.82, 2.24) is 14.9 Å². The van der Waals surface area contributed by atoms with Gasteiger partial charge in [0.2, 0.25) is 5.82 Å². The number of hydrogen-bond acceptors (Lipinski definition) is 7. The SMILES string of the molecule is CC(C)Oc1ccc(-c2nc(-c3cccc4c3CCC4NS(=O)[O-])no2)cc1C#N. The van der Waals surface area contributed by atoms with Gasteiger partial charge in [-0.15, -0.1) is 0 Å². The van der Waals surface area contributed by atoms with Crippen LogP contribution in [-0.4, -0.2) is 25.0 Å². The van der Waals surface area contributed by atoms with Gasteiger partial charge in [0, 0.05) is 28.4 Å². The van der Waals surface area contributed by atoms with Crippen LogP contribution in [0.3, 0.4) is 0 Å². The Balaban J connectivity index is 1.66. The highest BCUT2D eigenvalue weighted by Crippen LogP contribution is 2.37. The lowest BCUT2D eigenvalue weighted by Gasteiger charge is -2.15. The van der Waals surface area contributed by atoms with Crippen LogP contribution in [0.15, 0.2) is 40.9 Å². The first-order valence-electron chi connectivity index (χ1n) is 9.48. The van der Waals surface area contributed by atoms with Crippen molar-refractivity contribution in [3.05, 3.63) is 53.1 Å². The summed E-state index contributed by atoms with van der Waals surface area (Å²) >= 11 is -2.33. The minimum atomic E-state index is -2.33. The fourth-order valence-corrected chi connectivity index (χ4v) is 4.14. The molecule has 0 fully saturated rings. The number of ether oxygens (including phenoxy) is 1. The third-order valence-corrected chi connectivity index (χ3v) is 5.36. The van der Waals surface area contributed by atoms with Crippen LogP contribution in [0.2, 0.25) is 0 Å². The number of nitrogens with one attached hydrogen (secondary N) is 1. The smallest absolute Gasteiger partial charge is 0.258 e. The first-order chi connectivity index (χ1) is 14.5. The van der Waals surface area contributed by atoms with E-state index in [1.54, 1.807) is 18.2 Å². The molecular formula is C21H19N4O4S-. The van der Waals surface area contributed by atoms with Crippen LogP contribution in [0.1, 0.15) is 43.0 Å². The van der Waals surface area contributed by atoms with E-state index >= 15 is 0 Å². The van der Waals surface area contributed by atoms with E-state index in [0.717, 1.165) is 16.7 Å². The molecule has 9 heteroatoms. The molecular weight excluding hydrogens is 404 g/mol. The monoisotopic (exact) mass is 423 g/mol. The molecule has 1 N–H and O–H groups in total. The van der Waals surface area contributed by atoms with E-state index in [-0.39, 0.29) is 12.1 Å². The minimum absolute atomic E-state index is 0.0458. The number of rotatable bonds is 6. The Morgan fingerprint density at radius 3 is 2.93 bits per heavy atom. The first kappa shape index (κ1) is 20.2. The molecule has 154 valence electrons.